The number of nitrogens with zero attached hydrogens (tertiary/aromatic N) is 1. The minimum atomic E-state index is -0.0444. The van der Waals surface area contributed by atoms with Crippen LogP contribution in [0.15, 0.2) is 235 Å². The molecule has 0 radical (unpaired) electrons. The van der Waals surface area contributed by atoms with Gasteiger partial charge < -0.3 is 8.98 Å². The van der Waals surface area contributed by atoms with Crippen LogP contribution in [0.4, 0.5) is 0 Å². The normalized spacial score (nSPS) is 12.5. The van der Waals surface area contributed by atoms with E-state index in [4.69, 9.17) is 16.0 Å². The molecule has 11 aromatic carbocycles. The summed E-state index contributed by atoms with van der Waals surface area (Å²) in [6, 6.07) is 86.2. The number of benzene rings is 11. The van der Waals surface area contributed by atoms with Gasteiger partial charge in [0, 0.05) is 37.8 Å². The van der Waals surface area contributed by atoms with Crippen molar-refractivity contribution in [2.45, 2.75) is 105 Å². The van der Waals surface area contributed by atoms with Gasteiger partial charge in [-0.15, -0.1) is 0 Å². The molecular weight excluding hydrogens is 1050 g/mol. The van der Waals surface area contributed by atoms with Crippen molar-refractivity contribution < 1.29 is 4.42 Å². The molecule has 13 rings (SSSR count). The predicted molar refractivity (Wildman–Crippen MR) is 366 cm³/mol. The van der Waals surface area contributed by atoms with Gasteiger partial charge in [0.05, 0.1) is 11.0 Å². The van der Waals surface area contributed by atoms with E-state index in [1.165, 1.54) is 55.3 Å². The average Bonchev–Trinajstić information content (AvgIpc) is 1.16. The number of hydrogen-bond donors (Lipinski definition) is 0. The van der Waals surface area contributed by atoms with Gasteiger partial charge in [0.1, 0.15) is 11.2 Å². The summed E-state index contributed by atoms with van der Waals surface area (Å²) in [5.74, 6) is 0. The zero-order valence-electron chi connectivity index (χ0n) is 51.2. The molecule has 2 aromatic heterocycles. The van der Waals surface area contributed by atoms with Crippen molar-refractivity contribution in [3.63, 3.8) is 0 Å². The van der Waals surface area contributed by atoms with Gasteiger partial charge in [0.2, 0.25) is 0 Å². The summed E-state index contributed by atoms with van der Waals surface area (Å²) in [5.41, 5.74) is 26.2. The van der Waals surface area contributed by atoms with E-state index in [1.807, 2.05) is 6.07 Å². The smallest absolute Gasteiger partial charge is 0.143 e. The van der Waals surface area contributed by atoms with Crippen LogP contribution in [0.3, 0.4) is 0 Å². The quantitative estimate of drug-likeness (QED) is 0.148. The maximum atomic E-state index is 6.90. The molecule has 13 aromatic rings. The number of para-hydroxylation sites is 3. The Bertz CT molecular complexity index is 4660. The first kappa shape index (κ1) is 55.5. The molecule has 2 nitrogen and oxygen atoms in total. The van der Waals surface area contributed by atoms with Crippen molar-refractivity contribution in [3.05, 3.63) is 258 Å². The molecule has 0 saturated heterocycles. The summed E-state index contributed by atoms with van der Waals surface area (Å²) in [6.45, 7) is 27.6. The molecule has 0 aliphatic carbocycles. The molecule has 0 spiro atoms. The first-order valence-electron chi connectivity index (χ1n) is 30.1. The second kappa shape index (κ2) is 20.8. The van der Waals surface area contributed by atoms with Crippen molar-refractivity contribution in [3.8, 4) is 83.6 Å². The number of halogens is 1. The largest absolute Gasteiger partial charge is 0.455 e. The lowest BCUT2D eigenvalue weighted by Gasteiger charge is -2.30. The lowest BCUT2D eigenvalue weighted by molar-refractivity contribution is 0.590. The summed E-state index contributed by atoms with van der Waals surface area (Å²) in [5, 5.41) is 5.33. The van der Waals surface area contributed by atoms with E-state index >= 15 is 0 Å². The first-order valence-corrected chi connectivity index (χ1v) is 30.5. The molecule has 0 aliphatic heterocycles. The molecule has 0 atom stereocenters. The van der Waals surface area contributed by atoms with Crippen molar-refractivity contribution in [2.24, 2.45) is 0 Å². The highest BCUT2D eigenvalue weighted by Crippen LogP contribution is 2.57. The number of rotatable bonds is 8. The number of hydrogen-bond acceptors (Lipinski definition) is 1. The highest BCUT2D eigenvalue weighted by Gasteiger charge is 2.31. The summed E-state index contributed by atoms with van der Waals surface area (Å²) >= 11 is 6.90. The number of aromatic nitrogens is 1. The molecule has 0 unspecified atom stereocenters. The number of furan rings is 1. The molecule has 0 N–H and O–H groups in total. The van der Waals surface area contributed by atoms with Crippen LogP contribution in [0.1, 0.15) is 105 Å². The van der Waals surface area contributed by atoms with Crippen molar-refractivity contribution >= 4 is 55.3 Å². The molecule has 2 heterocycles. The molecular formula is C82H74ClNO. The summed E-state index contributed by atoms with van der Waals surface area (Å²) < 4.78 is 9.02. The van der Waals surface area contributed by atoms with Crippen LogP contribution < -0.4 is 0 Å². The van der Waals surface area contributed by atoms with Crippen LogP contribution in [0.5, 0.6) is 0 Å². The highest BCUT2D eigenvalue weighted by molar-refractivity contribution is 6.30. The van der Waals surface area contributed by atoms with Gasteiger partial charge in [-0.05, 0) is 165 Å². The third-order valence-corrected chi connectivity index (χ3v) is 17.8. The van der Waals surface area contributed by atoms with Crippen LogP contribution in [-0.2, 0) is 21.7 Å². The maximum Gasteiger partial charge on any atom is 0.143 e. The Labute approximate surface area is 507 Å². The van der Waals surface area contributed by atoms with Gasteiger partial charge >= 0.3 is 0 Å². The van der Waals surface area contributed by atoms with Crippen LogP contribution in [0.25, 0.3) is 127 Å². The second-order valence-corrected chi connectivity index (χ2v) is 27.9. The van der Waals surface area contributed by atoms with E-state index in [0.717, 1.165) is 94.3 Å². The molecule has 0 amide bonds. The van der Waals surface area contributed by atoms with E-state index in [-0.39, 0.29) is 21.7 Å². The molecule has 0 fully saturated rings. The number of fused-ring (bicyclic) bond motifs is 6. The van der Waals surface area contributed by atoms with Gasteiger partial charge in [0.15, 0.2) is 0 Å². The van der Waals surface area contributed by atoms with Gasteiger partial charge in [-0.25, -0.2) is 0 Å². The summed E-state index contributed by atoms with van der Waals surface area (Å²) in [7, 11) is 0. The first-order chi connectivity index (χ1) is 40.6. The third kappa shape index (κ3) is 10.1. The van der Waals surface area contributed by atoms with E-state index in [0.29, 0.717) is 5.02 Å². The third-order valence-electron chi connectivity index (χ3n) is 17.6. The van der Waals surface area contributed by atoms with Gasteiger partial charge in [-0.3, -0.25) is 0 Å². The Hall–Kier alpha value is -8.69. The van der Waals surface area contributed by atoms with Crippen LogP contribution in [0.2, 0.25) is 5.02 Å². The lowest BCUT2D eigenvalue weighted by atomic mass is 9.73. The fourth-order valence-electron chi connectivity index (χ4n) is 12.8. The average molecular weight is 1120 g/mol. The Morgan fingerprint density at radius 3 is 1.06 bits per heavy atom. The van der Waals surface area contributed by atoms with Gasteiger partial charge in [-0.2, -0.15) is 0 Å². The Balaban J connectivity index is 1.13. The summed E-state index contributed by atoms with van der Waals surface area (Å²) in [6.07, 6.45) is 0. The van der Waals surface area contributed by atoms with Crippen molar-refractivity contribution in [1.82, 2.24) is 4.57 Å². The van der Waals surface area contributed by atoms with E-state index in [2.05, 4.69) is 312 Å². The predicted octanol–water partition coefficient (Wildman–Crippen LogP) is 24.2. The zero-order valence-corrected chi connectivity index (χ0v) is 51.9. The monoisotopic (exact) mass is 1120 g/mol. The van der Waals surface area contributed by atoms with E-state index in [1.54, 1.807) is 0 Å². The molecule has 85 heavy (non-hydrogen) atoms. The molecule has 420 valence electrons. The maximum absolute atomic E-state index is 6.90. The Morgan fingerprint density at radius 2 is 0.635 bits per heavy atom. The SMILES string of the molecule is CC(C)(C)c1ccc(-c2c(-c3ccc(Cl)cc3)c(-c3ccc(-n4c5ccccc5c5cc(-c6cccc7c6oc6ccccc67)ccc54)cc3)c(-c3ccc(C(C)(C)C)cc3)c(-c3ccc(C(C)(C)C)cc3)c2-c2ccc(C(C)(C)C)cc2)cc1. The van der Waals surface area contributed by atoms with Crippen molar-refractivity contribution in [2.75, 3.05) is 0 Å². The molecule has 0 saturated carbocycles. The van der Waals surface area contributed by atoms with Crippen LogP contribution >= 0.6 is 11.6 Å². The topological polar surface area (TPSA) is 18.1 Å². The minimum Gasteiger partial charge on any atom is -0.455 e. The van der Waals surface area contributed by atoms with Crippen LogP contribution in [-0.4, -0.2) is 4.57 Å². The standard InChI is InChI=1S/C82H74ClNO/c1-79(2,3)58-37-24-51(25-38-58)72-73(52-26-39-59(40-27-52)80(4,5)6)75(54-30-43-61(44-31-54)82(10,11)12)77(76(55-32-45-62(83)46-33-55)74(72)53-28-41-60(42-29-53)81(7,8)9)56-34-47-63(48-35-56)84-69-22-15-13-18-65(69)68-50-57(36-49-70(68)84)64-20-17-21-67-66-19-14-16-23-71(66)85-78(64)67/h13-50H,1-12H3. The van der Waals surface area contributed by atoms with Crippen molar-refractivity contribution in [1.29, 1.82) is 0 Å². The van der Waals surface area contributed by atoms with E-state index in [9.17, 15) is 0 Å². The fourth-order valence-corrected chi connectivity index (χ4v) is 12.9. The summed E-state index contributed by atoms with van der Waals surface area (Å²) in [4.78, 5) is 0. The second-order valence-electron chi connectivity index (χ2n) is 27.5. The minimum absolute atomic E-state index is 0.0339. The van der Waals surface area contributed by atoms with Gasteiger partial charge in [0.25, 0.3) is 0 Å². The van der Waals surface area contributed by atoms with E-state index < -0.39 is 0 Å². The fraction of sp³-hybridized carbons (Fsp3) is 0.195. The van der Waals surface area contributed by atoms with Crippen LogP contribution in [0, 0.1) is 0 Å². The zero-order chi connectivity index (χ0) is 59.3. The Kier molecular flexibility index (Phi) is 13.6. The van der Waals surface area contributed by atoms with Gasteiger partial charge in [-0.1, -0.05) is 277 Å². The lowest BCUT2D eigenvalue weighted by Crippen LogP contribution is -2.11. The molecule has 3 heteroatoms. The molecule has 0 aliphatic rings. The highest BCUT2D eigenvalue weighted by atomic mass is 35.5. The Morgan fingerprint density at radius 1 is 0.294 bits per heavy atom. The molecule has 0 bridgehead atoms.